The van der Waals surface area contributed by atoms with E-state index in [0.29, 0.717) is 16.8 Å². The molecule has 1 heterocycles. The monoisotopic (exact) mass is 374 g/mol. The smallest absolute Gasteiger partial charge is 0.355 e. The summed E-state index contributed by atoms with van der Waals surface area (Å²) in [6, 6.07) is 5.39. The molecule has 0 spiro atoms. The van der Waals surface area contributed by atoms with Crippen LogP contribution in [0.5, 0.6) is 0 Å². The summed E-state index contributed by atoms with van der Waals surface area (Å²) in [7, 11) is 0. The Kier molecular flexibility index (Phi) is 6.15. The number of nitrogens with one attached hydrogen (secondary N) is 2. The number of aromatic amines is 1. The number of hydrogen-bond donors (Lipinski definition) is 2. The molecule has 2 atom stereocenters. The topological polar surface area (TPSA) is 88.3 Å². The first-order valence-electron chi connectivity index (χ1n) is 8.58. The van der Waals surface area contributed by atoms with Crippen molar-refractivity contribution in [2.24, 2.45) is 0 Å². The first-order valence-corrected chi connectivity index (χ1v) is 8.58. The number of rotatable bonds is 6. The number of ether oxygens (including phenoxy) is 1. The van der Waals surface area contributed by atoms with Crippen molar-refractivity contribution in [1.29, 1.82) is 0 Å². The van der Waals surface area contributed by atoms with E-state index in [0.717, 1.165) is 5.56 Å². The maximum absolute atomic E-state index is 13.0. The lowest BCUT2D eigenvalue weighted by Crippen LogP contribution is -2.37. The predicted molar refractivity (Wildman–Crippen MR) is 98.1 cm³/mol. The minimum absolute atomic E-state index is 0.154. The molecule has 144 valence electrons. The molecule has 0 saturated heterocycles. The Balaban J connectivity index is 2.03. The van der Waals surface area contributed by atoms with Crippen LogP contribution in [0.15, 0.2) is 24.3 Å². The number of benzene rings is 1. The fourth-order valence-corrected chi connectivity index (χ4v) is 2.92. The lowest BCUT2D eigenvalue weighted by molar-refractivity contribution is -0.129. The summed E-state index contributed by atoms with van der Waals surface area (Å²) < 4.78 is 18.2. The number of carbonyl (C=O) groups is 3. The summed E-state index contributed by atoms with van der Waals surface area (Å²) in [6.45, 7) is 7.98. The predicted octanol–water partition coefficient (Wildman–Crippen LogP) is 3.40. The number of hydrogen-bond acceptors (Lipinski definition) is 4. The van der Waals surface area contributed by atoms with Crippen LogP contribution in [0.3, 0.4) is 0 Å². The number of carbonyl (C=O) groups excluding carboxylic acids is 3. The van der Waals surface area contributed by atoms with E-state index < -0.39 is 18.0 Å². The summed E-state index contributed by atoms with van der Waals surface area (Å²) in [6.07, 6.45) is -1.04. The highest BCUT2D eigenvalue weighted by molar-refractivity contribution is 6.01. The van der Waals surface area contributed by atoms with Crippen LogP contribution in [-0.4, -0.2) is 28.7 Å². The van der Waals surface area contributed by atoms with Gasteiger partial charge in [0.25, 0.3) is 5.91 Å². The van der Waals surface area contributed by atoms with Gasteiger partial charge in [0.15, 0.2) is 11.9 Å². The van der Waals surface area contributed by atoms with E-state index in [-0.39, 0.29) is 23.3 Å². The third-order valence-electron chi connectivity index (χ3n) is 4.38. The lowest BCUT2D eigenvalue weighted by atomic mass is 10.1. The van der Waals surface area contributed by atoms with Crippen molar-refractivity contribution in [2.75, 3.05) is 0 Å². The molecule has 27 heavy (non-hydrogen) atoms. The average Bonchev–Trinajstić information content (AvgIpc) is 2.89. The molecule has 0 aliphatic rings. The Bertz CT molecular complexity index is 871. The van der Waals surface area contributed by atoms with Crippen molar-refractivity contribution in [3.63, 3.8) is 0 Å². The molecular formula is C20H23FN2O4. The van der Waals surface area contributed by atoms with Crippen LogP contribution in [0.4, 0.5) is 4.39 Å². The number of amides is 1. The first kappa shape index (κ1) is 20.4. The molecule has 0 aliphatic heterocycles. The van der Waals surface area contributed by atoms with Gasteiger partial charge in [0.05, 0.1) is 6.04 Å². The number of aryl methyl sites for hydroxylation is 1. The zero-order valence-corrected chi connectivity index (χ0v) is 16.0. The molecule has 0 unspecified atom stereocenters. The van der Waals surface area contributed by atoms with Gasteiger partial charge in [0.1, 0.15) is 11.5 Å². The maximum Gasteiger partial charge on any atom is 0.355 e. The molecule has 0 bridgehead atoms. The second kappa shape index (κ2) is 8.16. The summed E-state index contributed by atoms with van der Waals surface area (Å²) in [4.78, 5) is 39.2. The van der Waals surface area contributed by atoms with Gasteiger partial charge in [0.2, 0.25) is 0 Å². The number of ketones is 1. The van der Waals surface area contributed by atoms with Gasteiger partial charge < -0.3 is 15.0 Å². The molecule has 6 nitrogen and oxygen atoms in total. The Labute approximate surface area is 157 Å². The molecule has 0 radical (unpaired) electrons. The normalized spacial score (nSPS) is 13.0. The average molecular weight is 374 g/mol. The van der Waals surface area contributed by atoms with Gasteiger partial charge in [0, 0.05) is 11.3 Å². The molecule has 1 aromatic heterocycles. The Morgan fingerprint density at radius 1 is 1.11 bits per heavy atom. The molecule has 0 fully saturated rings. The van der Waals surface area contributed by atoms with E-state index in [9.17, 15) is 18.8 Å². The Morgan fingerprint density at radius 2 is 1.70 bits per heavy atom. The van der Waals surface area contributed by atoms with Gasteiger partial charge in [-0.3, -0.25) is 9.59 Å². The minimum Gasteiger partial charge on any atom is -0.448 e. The van der Waals surface area contributed by atoms with Crippen LogP contribution < -0.4 is 5.32 Å². The van der Waals surface area contributed by atoms with E-state index in [4.69, 9.17) is 4.74 Å². The zero-order valence-electron chi connectivity index (χ0n) is 16.0. The molecule has 1 amide bonds. The highest BCUT2D eigenvalue weighted by atomic mass is 19.1. The van der Waals surface area contributed by atoms with Crippen LogP contribution in [0.25, 0.3) is 0 Å². The van der Waals surface area contributed by atoms with E-state index in [1.54, 1.807) is 32.9 Å². The second-order valence-electron chi connectivity index (χ2n) is 6.51. The summed E-state index contributed by atoms with van der Waals surface area (Å²) in [5.74, 6) is -1.70. The van der Waals surface area contributed by atoms with Gasteiger partial charge >= 0.3 is 5.97 Å². The standard InChI is InChI=1S/C20H23FN2O4/c1-10-17(13(4)24)12(3)22-18(10)20(26)27-14(5)19(25)23-11(2)15-6-8-16(21)9-7-15/h6-9,11,14,22H,1-5H3,(H,23,25)/t11-,14-/m1/s1. The molecule has 0 saturated carbocycles. The maximum atomic E-state index is 13.0. The highest BCUT2D eigenvalue weighted by Gasteiger charge is 2.25. The fraction of sp³-hybridized carbons (Fsp3) is 0.350. The first-order chi connectivity index (χ1) is 12.6. The quantitative estimate of drug-likeness (QED) is 0.599. The van der Waals surface area contributed by atoms with E-state index in [2.05, 4.69) is 10.3 Å². The molecular weight excluding hydrogens is 351 g/mol. The van der Waals surface area contributed by atoms with Gasteiger partial charge in [-0.1, -0.05) is 12.1 Å². The van der Waals surface area contributed by atoms with Crippen molar-refractivity contribution >= 4 is 17.7 Å². The summed E-state index contributed by atoms with van der Waals surface area (Å²) >= 11 is 0. The minimum atomic E-state index is -1.04. The molecule has 1 aromatic carbocycles. The summed E-state index contributed by atoms with van der Waals surface area (Å²) in [5.41, 5.74) is 2.41. The van der Waals surface area contributed by atoms with Crippen molar-refractivity contribution in [1.82, 2.24) is 10.3 Å². The van der Waals surface area contributed by atoms with Crippen LogP contribution in [0.2, 0.25) is 0 Å². The van der Waals surface area contributed by atoms with Gasteiger partial charge in [-0.05, 0) is 57.9 Å². The number of halogens is 1. The third kappa shape index (κ3) is 4.61. The largest absolute Gasteiger partial charge is 0.448 e. The van der Waals surface area contributed by atoms with Crippen LogP contribution in [-0.2, 0) is 9.53 Å². The van der Waals surface area contributed by atoms with Crippen molar-refractivity contribution in [2.45, 2.75) is 46.8 Å². The lowest BCUT2D eigenvalue weighted by Gasteiger charge is -2.18. The number of H-pyrrole nitrogens is 1. The van der Waals surface area contributed by atoms with Crippen LogP contribution >= 0.6 is 0 Å². The van der Waals surface area contributed by atoms with E-state index >= 15 is 0 Å². The molecule has 0 aliphatic carbocycles. The molecule has 2 N–H and O–H groups in total. The molecule has 2 aromatic rings. The number of aromatic nitrogens is 1. The third-order valence-corrected chi connectivity index (χ3v) is 4.38. The van der Waals surface area contributed by atoms with Crippen molar-refractivity contribution in [3.8, 4) is 0 Å². The molecule has 7 heteroatoms. The highest BCUT2D eigenvalue weighted by Crippen LogP contribution is 2.20. The summed E-state index contributed by atoms with van der Waals surface area (Å²) in [5, 5.41) is 2.72. The second-order valence-corrected chi connectivity index (χ2v) is 6.51. The fourth-order valence-electron chi connectivity index (χ4n) is 2.92. The molecule has 2 rings (SSSR count). The van der Waals surface area contributed by atoms with Crippen molar-refractivity contribution < 1.29 is 23.5 Å². The number of esters is 1. The number of Topliss-reactive ketones (excluding diaryl/α,β-unsaturated/α-hetero) is 1. The van der Waals surface area contributed by atoms with Gasteiger partial charge in [-0.25, -0.2) is 9.18 Å². The SMILES string of the molecule is CC(=O)c1c(C)[nH]c(C(=O)O[C@H](C)C(=O)N[C@H](C)c2ccc(F)cc2)c1C. The van der Waals surface area contributed by atoms with Crippen LogP contribution in [0.1, 0.15) is 64.5 Å². The zero-order chi connectivity index (χ0) is 20.3. The van der Waals surface area contributed by atoms with Crippen molar-refractivity contribution in [3.05, 3.63) is 58.2 Å². The Hall–Kier alpha value is -2.96. The van der Waals surface area contributed by atoms with Gasteiger partial charge in [-0.15, -0.1) is 0 Å². The van der Waals surface area contributed by atoms with Crippen LogP contribution in [0, 0.1) is 19.7 Å². The Morgan fingerprint density at radius 3 is 2.22 bits per heavy atom. The van der Waals surface area contributed by atoms with E-state index in [1.807, 2.05) is 0 Å². The van der Waals surface area contributed by atoms with E-state index in [1.165, 1.54) is 26.0 Å². The van der Waals surface area contributed by atoms with Gasteiger partial charge in [-0.2, -0.15) is 0 Å².